The predicted octanol–water partition coefficient (Wildman–Crippen LogP) is 4.89. The number of nitrogens with one attached hydrogen (secondary N) is 1. The van der Waals surface area contributed by atoms with Crippen LogP contribution in [0.5, 0.6) is 5.75 Å². The molecule has 6 heteroatoms. The van der Waals surface area contributed by atoms with E-state index in [9.17, 15) is 14.9 Å². The smallest absolute Gasteiger partial charge is 0.270 e. The first-order valence-corrected chi connectivity index (χ1v) is 10.1. The van der Waals surface area contributed by atoms with E-state index in [0.29, 0.717) is 24.3 Å². The van der Waals surface area contributed by atoms with Gasteiger partial charge in [-0.15, -0.1) is 0 Å². The Balaban J connectivity index is 1.69. The zero-order chi connectivity index (χ0) is 22.1. The molecule has 1 N–H and O–H groups in total. The Bertz CT molecular complexity index is 1060. The summed E-state index contributed by atoms with van der Waals surface area (Å²) in [5, 5.41) is 13.9. The van der Waals surface area contributed by atoms with E-state index in [1.54, 1.807) is 18.2 Å². The molecule has 0 aromatic heterocycles. The molecule has 0 aliphatic rings. The molecule has 0 atom stereocenters. The molecule has 1 amide bonds. The first-order chi connectivity index (χ1) is 15.1. The highest BCUT2D eigenvalue weighted by atomic mass is 16.6. The van der Waals surface area contributed by atoms with E-state index in [4.69, 9.17) is 4.74 Å². The van der Waals surface area contributed by atoms with Gasteiger partial charge in [-0.25, -0.2) is 0 Å². The van der Waals surface area contributed by atoms with Crippen LogP contribution in [-0.2, 0) is 11.2 Å². The number of benzene rings is 3. The Morgan fingerprint density at radius 3 is 2.45 bits per heavy atom. The van der Waals surface area contributed by atoms with Gasteiger partial charge in [0.2, 0.25) is 0 Å². The highest BCUT2D eigenvalue weighted by Crippen LogP contribution is 2.21. The van der Waals surface area contributed by atoms with E-state index >= 15 is 0 Å². The van der Waals surface area contributed by atoms with Gasteiger partial charge in [0.05, 0.1) is 11.5 Å². The standard InChI is InChI=1S/C25H24N2O4/c1-2-19-11-13-23(14-12-19)31-16-15-26-25(28)24(21-8-4-3-5-9-21)18-20-7-6-10-22(17-20)27(29)30/h3-14,17-18H,2,15-16H2,1H3,(H,26,28)/b24-18+. The number of nitrogens with zero attached hydrogens (tertiary/aromatic N) is 1. The Morgan fingerprint density at radius 1 is 1.03 bits per heavy atom. The minimum absolute atomic E-state index is 0.0240. The SMILES string of the molecule is CCc1ccc(OCCNC(=O)/C(=C/c2cccc([N+](=O)[O-])c2)c2ccccc2)cc1. The van der Waals surface area contributed by atoms with Crippen molar-refractivity contribution in [2.24, 2.45) is 0 Å². The summed E-state index contributed by atoms with van der Waals surface area (Å²) in [6.45, 7) is 2.75. The summed E-state index contributed by atoms with van der Waals surface area (Å²) in [5.41, 5.74) is 2.94. The Labute approximate surface area is 181 Å². The van der Waals surface area contributed by atoms with E-state index in [0.717, 1.165) is 17.7 Å². The first kappa shape index (κ1) is 21.8. The van der Waals surface area contributed by atoms with Gasteiger partial charge in [-0.2, -0.15) is 0 Å². The zero-order valence-electron chi connectivity index (χ0n) is 17.3. The van der Waals surface area contributed by atoms with Crippen LogP contribution in [0, 0.1) is 10.1 Å². The van der Waals surface area contributed by atoms with Gasteiger partial charge in [-0.1, -0.05) is 61.5 Å². The minimum atomic E-state index is -0.454. The van der Waals surface area contributed by atoms with Gasteiger partial charge in [-0.05, 0) is 41.3 Å². The van der Waals surface area contributed by atoms with E-state index < -0.39 is 4.92 Å². The molecule has 3 aromatic rings. The number of carbonyl (C=O) groups is 1. The fraction of sp³-hybridized carbons (Fsp3) is 0.160. The van der Waals surface area contributed by atoms with Crippen LogP contribution in [-0.4, -0.2) is 24.0 Å². The van der Waals surface area contributed by atoms with Gasteiger partial charge < -0.3 is 10.1 Å². The van der Waals surface area contributed by atoms with Crippen molar-refractivity contribution in [2.75, 3.05) is 13.2 Å². The van der Waals surface area contributed by atoms with Gasteiger partial charge in [0.1, 0.15) is 12.4 Å². The number of aryl methyl sites for hydroxylation is 1. The number of ether oxygens (including phenoxy) is 1. The van der Waals surface area contributed by atoms with E-state index in [2.05, 4.69) is 12.2 Å². The molecule has 3 aromatic carbocycles. The van der Waals surface area contributed by atoms with Crippen LogP contribution in [0.3, 0.4) is 0 Å². The third kappa shape index (κ3) is 6.27. The summed E-state index contributed by atoms with van der Waals surface area (Å²) < 4.78 is 5.69. The summed E-state index contributed by atoms with van der Waals surface area (Å²) >= 11 is 0. The second kappa shape index (κ2) is 10.7. The topological polar surface area (TPSA) is 81.5 Å². The van der Waals surface area contributed by atoms with Crippen molar-refractivity contribution in [3.8, 4) is 5.75 Å². The molecule has 0 saturated heterocycles. The maximum absolute atomic E-state index is 12.9. The van der Waals surface area contributed by atoms with Gasteiger partial charge in [-0.3, -0.25) is 14.9 Å². The Hall–Kier alpha value is -3.93. The van der Waals surface area contributed by atoms with Crippen molar-refractivity contribution in [2.45, 2.75) is 13.3 Å². The van der Waals surface area contributed by atoms with Crippen LogP contribution < -0.4 is 10.1 Å². The largest absolute Gasteiger partial charge is 0.492 e. The first-order valence-electron chi connectivity index (χ1n) is 10.1. The van der Waals surface area contributed by atoms with Gasteiger partial charge in [0.15, 0.2) is 0 Å². The Morgan fingerprint density at radius 2 is 1.77 bits per heavy atom. The lowest BCUT2D eigenvalue weighted by Gasteiger charge is -2.11. The lowest BCUT2D eigenvalue weighted by Crippen LogP contribution is -2.28. The average Bonchev–Trinajstić information content (AvgIpc) is 2.81. The van der Waals surface area contributed by atoms with Crippen LogP contribution in [0.25, 0.3) is 11.6 Å². The molecule has 0 saturated carbocycles. The molecule has 0 bridgehead atoms. The van der Waals surface area contributed by atoms with E-state index in [-0.39, 0.29) is 11.6 Å². The van der Waals surface area contributed by atoms with Crippen molar-refractivity contribution in [3.63, 3.8) is 0 Å². The second-order valence-electron chi connectivity index (χ2n) is 6.88. The molecule has 3 rings (SSSR count). The lowest BCUT2D eigenvalue weighted by atomic mass is 10.0. The van der Waals surface area contributed by atoms with Crippen molar-refractivity contribution in [1.82, 2.24) is 5.32 Å². The zero-order valence-corrected chi connectivity index (χ0v) is 17.3. The number of rotatable bonds is 9. The third-order valence-electron chi connectivity index (χ3n) is 4.71. The maximum atomic E-state index is 12.9. The lowest BCUT2D eigenvalue weighted by molar-refractivity contribution is -0.384. The summed E-state index contributed by atoms with van der Waals surface area (Å²) in [6.07, 6.45) is 2.62. The molecule has 0 aliphatic heterocycles. The Kier molecular flexibility index (Phi) is 7.54. The van der Waals surface area contributed by atoms with Crippen molar-refractivity contribution in [3.05, 3.63) is 106 Å². The number of nitro benzene ring substituents is 1. The quantitative estimate of drug-likeness (QED) is 0.177. The minimum Gasteiger partial charge on any atom is -0.492 e. The number of non-ortho nitro benzene ring substituents is 1. The normalized spacial score (nSPS) is 11.1. The molecule has 0 spiro atoms. The molecule has 6 nitrogen and oxygen atoms in total. The highest BCUT2D eigenvalue weighted by Gasteiger charge is 2.13. The molecule has 0 fully saturated rings. The van der Waals surface area contributed by atoms with Crippen LogP contribution in [0.1, 0.15) is 23.6 Å². The van der Waals surface area contributed by atoms with E-state index in [1.165, 1.54) is 17.7 Å². The van der Waals surface area contributed by atoms with Crippen LogP contribution >= 0.6 is 0 Å². The third-order valence-corrected chi connectivity index (χ3v) is 4.71. The van der Waals surface area contributed by atoms with Gasteiger partial charge in [0.25, 0.3) is 11.6 Å². The average molecular weight is 416 g/mol. The molecule has 0 aliphatic carbocycles. The number of carbonyl (C=O) groups excluding carboxylic acids is 1. The summed E-state index contributed by atoms with van der Waals surface area (Å²) in [4.78, 5) is 23.5. The summed E-state index contributed by atoms with van der Waals surface area (Å²) in [7, 11) is 0. The number of amides is 1. The molecule has 0 unspecified atom stereocenters. The number of hydrogen-bond donors (Lipinski definition) is 1. The fourth-order valence-corrected chi connectivity index (χ4v) is 3.04. The molecular weight excluding hydrogens is 392 g/mol. The van der Waals surface area contributed by atoms with Crippen LogP contribution in [0.4, 0.5) is 5.69 Å². The molecule has 0 radical (unpaired) electrons. The molecule has 158 valence electrons. The van der Waals surface area contributed by atoms with Crippen LogP contribution in [0.2, 0.25) is 0 Å². The van der Waals surface area contributed by atoms with E-state index in [1.807, 2.05) is 54.6 Å². The predicted molar refractivity (Wildman–Crippen MR) is 122 cm³/mol. The summed E-state index contributed by atoms with van der Waals surface area (Å²) in [5.74, 6) is 0.476. The van der Waals surface area contributed by atoms with Gasteiger partial charge >= 0.3 is 0 Å². The van der Waals surface area contributed by atoms with Crippen molar-refractivity contribution in [1.29, 1.82) is 0 Å². The maximum Gasteiger partial charge on any atom is 0.270 e. The van der Waals surface area contributed by atoms with Crippen molar-refractivity contribution < 1.29 is 14.5 Å². The fourth-order valence-electron chi connectivity index (χ4n) is 3.04. The van der Waals surface area contributed by atoms with Gasteiger partial charge in [0, 0.05) is 17.7 Å². The molecule has 0 heterocycles. The highest BCUT2D eigenvalue weighted by molar-refractivity contribution is 6.24. The monoisotopic (exact) mass is 416 g/mol. The second-order valence-corrected chi connectivity index (χ2v) is 6.88. The number of nitro groups is 1. The van der Waals surface area contributed by atoms with Crippen LogP contribution in [0.15, 0.2) is 78.9 Å². The molecule has 31 heavy (non-hydrogen) atoms. The van der Waals surface area contributed by atoms with Crippen molar-refractivity contribution >= 4 is 23.2 Å². The number of hydrogen-bond acceptors (Lipinski definition) is 4. The molecular formula is C25H24N2O4. The summed E-state index contributed by atoms with van der Waals surface area (Å²) in [6, 6.07) is 23.3.